The van der Waals surface area contributed by atoms with Crippen molar-refractivity contribution in [3.05, 3.63) is 56.8 Å². The van der Waals surface area contributed by atoms with E-state index in [-0.39, 0.29) is 11.3 Å². The smallest absolute Gasteiger partial charge is 0.295 e. The zero-order valence-electron chi connectivity index (χ0n) is 17.3. The number of nitrogens with zero attached hydrogens (tertiary/aromatic N) is 1. The Hall–Kier alpha value is -2.60. The third-order valence-electron chi connectivity index (χ3n) is 5.36. The van der Waals surface area contributed by atoms with E-state index in [9.17, 15) is 14.7 Å². The van der Waals surface area contributed by atoms with Gasteiger partial charge in [-0.1, -0.05) is 19.8 Å². The van der Waals surface area contributed by atoms with E-state index < -0.39 is 17.7 Å². The topological polar surface area (TPSA) is 66.8 Å². The maximum Gasteiger partial charge on any atom is 0.295 e. The highest BCUT2D eigenvalue weighted by molar-refractivity contribution is 7.10. The lowest BCUT2D eigenvalue weighted by atomic mass is 9.97. The van der Waals surface area contributed by atoms with Gasteiger partial charge in [-0.15, -0.1) is 11.3 Å². The highest BCUT2D eigenvalue weighted by Gasteiger charge is 2.46. The van der Waals surface area contributed by atoms with Crippen LogP contribution in [0.2, 0.25) is 0 Å². The second-order valence-corrected chi connectivity index (χ2v) is 8.30. The molecule has 1 aromatic heterocycles. The molecule has 0 bridgehead atoms. The number of carbonyl (C=O) groups is 2. The largest absolute Gasteiger partial charge is 0.507 e. The van der Waals surface area contributed by atoms with Crippen molar-refractivity contribution in [1.82, 2.24) is 4.90 Å². The number of aryl methyl sites for hydroxylation is 2. The number of carbonyl (C=O) groups excluding carboxylic acids is 2. The van der Waals surface area contributed by atoms with Gasteiger partial charge in [0.15, 0.2) is 0 Å². The van der Waals surface area contributed by atoms with Crippen molar-refractivity contribution >= 4 is 28.8 Å². The standard InChI is InChI=1S/C23H27NO4S/c1-5-6-7-11-24-19(22-14(2)10-12-29-22)18(21(26)23(24)27)20(25)16-8-9-17(28-4)15(3)13-16/h8-10,12-13,19,25H,5-7,11H2,1-4H3/b20-18-. The number of thiophene rings is 1. The first-order valence-electron chi connectivity index (χ1n) is 9.88. The van der Waals surface area contributed by atoms with Crippen LogP contribution in [0.15, 0.2) is 35.2 Å². The summed E-state index contributed by atoms with van der Waals surface area (Å²) in [7, 11) is 1.59. The zero-order chi connectivity index (χ0) is 21.1. The molecule has 1 unspecified atom stereocenters. The van der Waals surface area contributed by atoms with E-state index >= 15 is 0 Å². The molecule has 1 N–H and O–H groups in total. The zero-order valence-corrected chi connectivity index (χ0v) is 18.1. The molecule has 0 radical (unpaired) electrons. The fraction of sp³-hybridized carbons (Fsp3) is 0.391. The number of rotatable bonds is 7. The first-order valence-corrected chi connectivity index (χ1v) is 10.8. The van der Waals surface area contributed by atoms with Crippen LogP contribution in [0.5, 0.6) is 5.75 Å². The molecule has 1 amide bonds. The van der Waals surface area contributed by atoms with Crippen molar-refractivity contribution in [2.24, 2.45) is 0 Å². The molecular weight excluding hydrogens is 386 g/mol. The number of amides is 1. The number of hydrogen-bond donors (Lipinski definition) is 1. The summed E-state index contributed by atoms with van der Waals surface area (Å²) in [5.41, 5.74) is 2.53. The number of ether oxygens (including phenoxy) is 1. The van der Waals surface area contributed by atoms with Crippen LogP contribution in [0.4, 0.5) is 0 Å². The molecule has 1 saturated heterocycles. The Morgan fingerprint density at radius 3 is 2.52 bits per heavy atom. The molecule has 1 atom stereocenters. The average molecular weight is 414 g/mol. The molecule has 1 aromatic carbocycles. The second kappa shape index (κ2) is 8.82. The second-order valence-electron chi connectivity index (χ2n) is 7.35. The van der Waals surface area contributed by atoms with Gasteiger partial charge in [0.05, 0.1) is 18.7 Å². The number of aliphatic hydroxyl groups excluding tert-OH is 1. The molecule has 3 rings (SSSR count). The van der Waals surface area contributed by atoms with Gasteiger partial charge >= 0.3 is 0 Å². The van der Waals surface area contributed by atoms with Crippen LogP contribution in [0, 0.1) is 13.8 Å². The molecule has 29 heavy (non-hydrogen) atoms. The molecular formula is C23H27NO4S. The lowest BCUT2D eigenvalue weighted by Gasteiger charge is -2.25. The Kier molecular flexibility index (Phi) is 6.42. The van der Waals surface area contributed by atoms with Crippen molar-refractivity contribution in [2.45, 2.75) is 46.1 Å². The number of benzene rings is 1. The van der Waals surface area contributed by atoms with Gasteiger partial charge in [0.2, 0.25) is 0 Å². The first-order chi connectivity index (χ1) is 13.9. The quantitative estimate of drug-likeness (QED) is 0.301. The van der Waals surface area contributed by atoms with E-state index in [2.05, 4.69) is 6.92 Å². The predicted octanol–water partition coefficient (Wildman–Crippen LogP) is 4.99. The summed E-state index contributed by atoms with van der Waals surface area (Å²) >= 11 is 1.51. The highest BCUT2D eigenvalue weighted by atomic mass is 32.1. The van der Waals surface area contributed by atoms with E-state index in [1.807, 2.05) is 25.3 Å². The first kappa shape index (κ1) is 21.1. The number of methoxy groups -OCH3 is 1. The molecule has 0 aliphatic carbocycles. The van der Waals surface area contributed by atoms with Gasteiger partial charge in [0, 0.05) is 17.0 Å². The van der Waals surface area contributed by atoms with Crippen molar-refractivity contribution < 1.29 is 19.4 Å². The SMILES string of the molecule is CCCCCN1C(=O)C(=O)/C(=C(\O)c2ccc(OC)c(C)c2)C1c1sccc1C. The van der Waals surface area contributed by atoms with Crippen LogP contribution in [0.3, 0.4) is 0 Å². The molecule has 0 spiro atoms. The van der Waals surface area contributed by atoms with Crippen molar-refractivity contribution in [1.29, 1.82) is 0 Å². The van der Waals surface area contributed by atoms with E-state index in [0.29, 0.717) is 17.9 Å². The Morgan fingerprint density at radius 1 is 1.17 bits per heavy atom. The molecule has 1 aliphatic rings. The van der Waals surface area contributed by atoms with E-state index in [1.54, 1.807) is 30.2 Å². The van der Waals surface area contributed by atoms with Gasteiger partial charge in [-0.25, -0.2) is 0 Å². The fourth-order valence-electron chi connectivity index (χ4n) is 3.76. The average Bonchev–Trinajstić information content (AvgIpc) is 3.23. The third kappa shape index (κ3) is 3.94. The lowest BCUT2D eigenvalue weighted by Crippen LogP contribution is -2.30. The minimum atomic E-state index is -0.620. The summed E-state index contributed by atoms with van der Waals surface area (Å²) in [4.78, 5) is 28.4. The molecule has 5 nitrogen and oxygen atoms in total. The molecule has 1 fully saturated rings. The number of ketones is 1. The number of likely N-dealkylation sites (tertiary alicyclic amines) is 1. The van der Waals surface area contributed by atoms with Crippen molar-refractivity contribution in [2.75, 3.05) is 13.7 Å². The normalized spacial score (nSPS) is 18.5. The van der Waals surface area contributed by atoms with E-state index in [4.69, 9.17) is 4.74 Å². The molecule has 2 aromatic rings. The fourth-order valence-corrected chi connectivity index (χ4v) is 4.81. The van der Waals surface area contributed by atoms with Crippen LogP contribution in [0.1, 0.15) is 53.8 Å². The number of Topliss-reactive ketones (excluding diaryl/α,β-unsaturated/α-hetero) is 1. The number of unbranched alkanes of at least 4 members (excludes halogenated alkanes) is 2. The summed E-state index contributed by atoms with van der Waals surface area (Å²) in [6, 6.07) is 6.67. The van der Waals surface area contributed by atoms with Gasteiger partial charge in [0.1, 0.15) is 11.5 Å². The number of aliphatic hydroxyl groups is 1. The van der Waals surface area contributed by atoms with Crippen molar-refractivity contribution in [3.8, 4) is 5.75 Å². The molecule has 154 valence electrons. The minimum Gasteiger partial charge on any atom is -0.507 e. The van der Waals surface area contributed by atoms with Crippen LogP contribution in [-0.4, -0.2) is 35.4 Å². The summed E-state index contributed by atoms with van der Waals surface area (Å²) in [6.07, 6.45) is 2.83. The minimum absolute atomic E-state index is 0.134. The van der Waals surface area contributed by atoms with Gasteiger partial charge in [-0.2, -0.15) is 0 Å². The van der Waals surface area contributed by atoms with Crippen LogP contribution < -0.4 is 4.74 Å². The van der Waals surface area contributed by atoms with Crippen LogP contribution in [0.25, 0.3) is 5.76 Å². The van der Waals surface area contributed by atoms with Gasteiger partial charge < -0.3 is 14.7 Å². The van der Waals surface area contributed by atoms with Crippen molar-refractivity contribution in [3.63, 3.8) is 0 Å². The van der Waals surface area contributed by atoms with Gasteiger partial charge in [-0.05, 0) is 61.0 Å². The van der Waals surface area contributed by atoms with E-state index in [1.165, 1.54) is 11.3 Å². The Labute approximate surface area is 175 Å². The maximum absolute atomic E-state index is 13.0. The highest BCUT2D eigenvalue weighted by Crippen LogP contribution is 2.42. The Balaban J connectivity index is 2.12. The van der Waals surface area contributed by atoms with Crippen LogP contribution in [-0.2, 0) is 9.59 Å². The summed E-state index contributed by atoms with van der Waals surface area (Å²) in [5, 5.41) is 13.0. The summed E-state index contributed by atoms with van der Waals surface area (Å²) in [5.74, 6) is -0.590. The summed E-state index contributed by atoms with van der Waals surface area (Å²) in [6.45, 7) is 6.44. The summed E-state index contributed by atoms with van der Waals surface area (Å²) < 4.78 is 5.29. The monoisotopic (exact) mass is 413 g/mol. The molecule has 6 heteroatoms. The molecule has 0 saturated carbocycles. The third-order valence-corrected chi connectivity index (χ3v) is 6.43. The maximum atomic E-state index is 13.0. The van der Waals surface area contributed by atoms with Gasteiger partial charge in [-0.3, -0.25) is 9.59 Å². The predicted molar refractivity (Wildman–Crippen MR) is 115 cm³/mol. The van der Waals surface area contributed by atoms with Crippen LogP contribution >= 0.6 is 11.3 Å². The number of hydrogen-bond acceptors (Lipinski definition) is 5. The van der Waals surface area contributed by atoms with E-state index in [0.717, 1.165) is 35.3 Å². The Bertz CT molecular complexity index is 960. The Morgan fingerprint density at radius 2 is 1.93 bits per heavy atom. The molecule has 2 heterocycles. The lowest BCUT2D eigenvalue weighted by molar-refractivity contribution is -0.139. The van der Waals surface area contributed by atoms with Gasteiger partial charge in [0.25, 0.3) is 11.7 Å². The molecule has 1 aliphatic heterocycles.